The Hall–Kier alpha value is -4.03. The number of rotatable bonds is 6. The van der Waals surface area contributed by atoms with Crippen molar-refractivity contribution < 1.29 is 27.9 Å². The third-order valence-electron chi connectivity index (χ3n) is 12.9. The molecule has 18 heteroatoms. The van der Waals surface area contributed by atoms with E-state index in [0.717, 1.165) is 56.0 Å². The Morgan fingerprint density at radius 2 is 0.903 bits per heavy atom. The number of halogens is 1. The van der Waals surface area contributed by atoms with E-state index >= 15 is 0 Å². The predicted octanol–water partition coefficient (Wildman–Crippen LogP) is 8.07. The van der Waals surface area contributed by atoms with Gasteiger partial charge in [0.05, 0.1) is 57.0 Å². The predicted molar refractivity (Wildman–Crippen MR) is 248 cm³/mol. The normalized spacial score (nSPS) is 20.3. The average molecular weight is 907 g/mol. The van der Waals surface area contributed by atoms with E-state index in [1.165, 1.54) is 0 Å². The molecule has 0 unspecified atom stereocenters. The molecule has 0 bridgehead atoms. The summed E-state index contributed by atoms with van der Waals surface area (Å²) in [7, 11) is -1.36. The smallest absolute Gasteiger partial charge is 0.405 e. The third-order valence-corrected chi connectivity index (χ3v) is 13.4. The van der Waals surface area contributed by atoms with Crippen LogP contribution in [0.5, 0.6) is 0 Å². The lowest BCUT2D eigenvalue weighted by atomic mass is 9.49. The molecule has 6 aromatic rings. The van der Waals surface area contributed by atoms with Crippen molar-refractivity contribution in [2.24, 2.45) is 0 Å². The van der Waals surface area contributed by atoms with Crippen LogP contribution < -0.4 is 5.46 Å². The molecule has 3 fully saturated rings. The lowest BCUT2D eigenvalue weighted by Crippen LogP contribution is -2.41. The first-order valence-corrected chi connectivity index (χ1v) is 22.1. The first-order chi connectivity index (χ1) is 29.0. The van der Waals surface area contributed by atoms with Crippen LogP contribution in [-0.4, -0.2) is 94.2 Å². The van der Waals surface area contributed by atoms with E-state index in [1.807, 2.05) is 116 Å². The van der Waals surface area contributed by atoms with Crippen LogP contribution in [0.3, 0.4) is 0 Å². The van der Waals surface area contributed by atoms with Crippen LogP contribution in [0.15, 0.2) is 77.8 Å². The number of fused-ring (bicyclic) bond motifs is 2. The Morgan fingerprint density at radius 3 is 1.32 bits per heavy atom. The van der Waals surface area contributed by atoms with Crippen molar-refractivity contribution in [2.45, 2.75) is 143 Å². The van der Waals surface area contributed by atoms with Crippen LogP contribution in [0.1, 0.15) is 108 Å². The van der Waals surface area contributed by atoms with Gasteiger partial charge in [0.2, 0.25) is 0 Å². The minimum absolute atomic E-state index is 0.360. The summed E-state index contributed by atoms with van der Waals surface area (Å²) in [6.07, 6.45) is 8.93. The highest BCUT2D eigenvalue weighted by atomic mass is 79.9. The summed E-state index contributed by atoms with van der Waals surface area (Å²) in [6.45, 7) is 28.6. The fourth-order valence-corrected chi connectivity index (χ4v) is 7.19. The molecule has 62 heavy (non-hydrogen) atoms. The van der Waals surface area contributed by atoms with Crippen molar-refractivity contribution in [1.82, 2.24) is 39.5 Å². The van der Waals surface area contributed by atoms with Gasteiger partial charge in [-0.3, -0.25) is 0 Å². The number of aryl methyl sites for hydroxylation is 2. The van der Waals surface area contributed by atoms with Crippen molar-refractivity contribution in [2.75, 3.05) is 0 Å². The molecule has 0 amide bonds. The van der Waals surface area contributed by atoms with Gasteiger partial charge >= 0.3 is 21.1 Å². The van der Waals surface area contributed by atoms with E-state index in [-0.39, 0.29) is 33.6 Å². The van der Waals surface area contributed by atoms with Crippen LogP contribution in [0.2, 0.25) is 0 Å². The van der Waals surface area contributed by atoms with Gasteiger partial charge in [-0.15, -0.1) is 0 Å². The molecule has 0 spiro atoms. The quantitative estimate of drug-likeness (QED) is 0.149. The number of aromatic nitrogens is 8. The molecule has 3 saturated heterocycles. The standard InChI is InChI=1S/C19H23BN4O2.C13H11BrN4.C12H24B2O4/c1-6-15-9-10-21-17(23-15)24-16-11-14(8-7-13(16)12-22-24)20-25-18(2,3)19(4,5)26-20;1-2-11-5-6-15-13(17-11)18-12-7-10(14)4-3-9(12)8-16-18;1-9(2)10(3,4)16-13(15-9)14-17-11(5,6)12(7,8)18-14/h7-12H,6H2,1-5H3;3-8H,2H2,1H3;1-8H3. The SMILES string of the molecule is CC1(C)OB(B2OC(C)(C)C(C)(C)O2)OC1(C)C.CCc1ccnc(-n2ncc3ccc(B4OC(C)(C)C(C)(C)O4)cc32)n1.CCc1ccnc(-n2ncc3ccc(Br)cc32)n1. The van der Waals surface area contributed by atoms with E-state index in [4.69, 9.17) is 27.9 Å². The van der Waals surface area contributed by atoms with Crippen molar-refractivity contribution in [3.63, 3.8) is 0 Å². The molecule has 4 aromatic heterocycles. The molecule has 2 aromatic carbocycles. The Morgan fingerprint density at radius 1 is 0.516 bits per heavy atom. The largest absolute Gasteiger partial charge is 0.494 e. The molecule has 0 radical (unpaired) electrons. The highest BCUT2D eigenvalue weighted by molar-refractivity contribution is 9.10. The summed E-state index contributed by atoms with van der Waals surface area (Å²) in [5.41, 5.74) is 2.72. The Kier molecular flexibility index (Phi) is 12.5. The van der Waals surface area contributed by atoms with Crippen molar-refractivity contribution in [3.05, 3.63) is 89.2 Å². The first-order valence-electron chi connectivity index (χ1n) is 21.3. The van der Waals surface area contributed by atoms with Gasteiger partial charge in [-0.2, -0.15) is 19.6 Å². The molecule has 9 rings (SSSR count). The van der Waals surface area contributed by atoms with Gasteiger partial charge in [0.1, 0.15) is 0 Å². The van der Waals surface area contributed by atoms with E-state index in [9.17, 15) is 0 Å². The zero-order chi connectivity index (χ0) is 45.0. The second-order valence-corrected chi connectivity index (χ2v) is 19.8. The first kappa shape index (κ1) is 46.0. The van der Waals surface area contributed by atoms with Gasteiger partial charge in [0, 0.05) is 39.0 Å². The summed E-state index contributed by atoms with van der Waals surface area (Å²) in [5, 5.41) is 10.9. The lowest BCUT2D eigenvalue weighted by molar-refractivity contribution is 0.00578. The highest BCUT2D eigenvalue weighted by Crippen LogP contribution is 2.43. The molecule has 0 aliphatic carbocycles. The van der Waals surface area contributed by atoms with Gasteiger partial charge in [-0.05, 0) is 132 Å². The lowest BCUT2D eigenvalue weighted by Gasteiger charge is -2.32. The van der Waals surface area contributed by atoms with Crippen molar-refractivity contribution in [3.8, 4) is 11.9 Å². The fourth-order valence-electron chi connectivity index (χ4n) is 6.84. The molecular formula is C44H58B3BrN8O6. The molecule has 3 aliphatic heterocycles. The maximum atomic E-state index is 6.17. The van der Waals surface area contributed by atoms with Crippen LogP contribution in [0.4, 0.5) is 0 Å². The molecule has 7 heterocycles. The van der Waals surface area contributed by atoms with E-state index in [0.29, 0.717) is 11.9 Å². The van der Waals surface area contributed by atoms with Crippen LogP contribution in [-0.2, 0) is 40.8 Å². The van der Waals surface area contributed by atoms with Gasteiger partial charge in [-0.1, -0.05) is 48.0 Å². The van der Waals surface area contributed by atoms with Crippen molar-refractivity contribution >= 4 is 64.3 Å². The zero-order valence-corrected chi connectivity index (χ0v) is 40.1. The fraction of sp³-hybridized carbons (Fsp3) is 0.500. The van der Waals surface area contributed by atoms with E-state index in [1.54, 1.807) is 21.8 Å². The highest BCUT2D eigenvalue weighted by Gasteiger charge is 2.63. The van der Waals surface area contributed by atoms with Crippen molar-refractivity contribution in [1.29, 1.82) is 0 Å². The summed E-state index contributed by atoms with van der Waals surface area (Å²) in [6, 6.07) is 16.0. The molecule has 14 nitrogen and oxygen atoms in total. The molecule has 3 aliphatic rings. The minimum Gasteiger partial charge on any atom is -0.405 e. The molecule has 326 valence electrons. The Labute approximate surface area is 374 Å². The van der Waals surface area contributed by atoms with Gasteiger partial charge in [-0.25, -0.2) is 19.9 Å². The van der Waals surface area contributed by atoms with Gasteiger partial charge in [0.15, 0.2) is 0 Å². The second-order valence-electron chi connectivity index (χ2n) is 18.9. The second kappa shape index (κ2) is 16.8. The summed E-state index contributed by atoms with van der Waals surface area (Å²) >= 11 is 3.47. The topological polar surface area (TPSA) is 143 Å². The molecular weight excluding hydrogens is 849 g/mol. The minimum atomic E-state index is -0.476. The number of benzene rings is 2. The number of hydrogen-bond acceptors (Lipinski definition) is 12. The van der Waals surface area contributed by atoms with Crippen LogP contribution >= 0.6 is 15.9 Å². The maximum Gasteiger partial charge on any atom is 0.494 e. The average Bonchev–Trinajstić information content (AvgIpc) is 3.98. The summed E-state index contributed by atoms with van der Waals surface area (Å²) < 4.78 is 40.7. The molecule has 0 N–H and O–H groups in total. The Balaban J connectivity index is 0.000000144. The molecule has 0 saturated carbocycles. The van der Waals surface area contributed by atoms with Crippen LogP contribution in [0, 0.1) is 0 Å². The van der Waals surface area contributed by atoms with Gasteiger partial charge < -0.3 is 27.9 Å². The Bertz CT molecular complexity index is 2480. The zero-order valence-electron chi connectivity index (χ0n) is 38.5. The third kappa shape index (κ3) is 9.02. The van der Waals surface area contributed by atoms with E-state index < -0.39 is 21.1 Å². The maximum absolute atomic E-state index is 6.17. The molecule has 0 atom stereocenters. The monoisotopic (exact) mass is 906 g/mol. The van der Waals surface area contributed by atoms with Crippen LogP contribution in [0.25, 0.3) is 33.7 Å². The number of hydrogen-bond donors (Lipinski definition) is 0. The summed E-state index contributed by atoms with van der Waals surface area (Å²) in [5.74, 6) is 1.19. The summed E-state index contributed by atoms with van der Waals surface area (Å²) in [4.78, 5) is 17.7. The number of nitrogens with zero attached hydrogens (tertiary/aromatic N) is 8. The van der Waals surface area contributed by atoms with Gasteiger partial charge in [0.25, 0.3) is 11.9 Å². The van der Waals surface area contributed by atoms with E-state index in [2.05, 4.69) is 87.6 Å².